The Morgan fingerprint density at radius 2 is 1.04 bits per heavy atom. The maximum Gasteiger partial charge on any atom is 0.236 e. The Labute approximate surface area is 279 Å². The number of aromatic nitrogens is 4. The molecule has 5 heteroatoms. The maximum absolute atomic E-state index is 6.44. The number of hydrogen-bond acceptors (Lipinski definition) is 3. The summed E-state index contributed by atoms with van der Waals surface area (Å²) in [5, 5.41) is 8.14. The Kier molecular flexibility index (Phi) is 5.32. The summed E-state index contributed by atoms with van der Waals surface area (Å²) < 4.78 is 11.1. The van der Waals surface area contributed by atoms with E-state index in [1.54, 1.807) is 0 Å². The van der Waals surface area contributed by atoms with Crippen molar-refractivity contribution in [3.8, 4) is 22.9 Å². The minimum absolute atomic E-state index is 0.608. The van der Waals surface area contributed by atoms with Crippen molar-refractivity contribution in [3.05, 3.63) is 158 Å². The monoisotopic (exact) mass is 626 g/mol. The summed E-state index contributed by atoms with van der Waals surface area (Å²) in [5.74, 6) is 0.608. The quantitative estimate of drug-likeness (QED) is 0.196. The Morgan fingerprint density at radius 1 is 0.429 bits per heavy atom. The smallest absolute Gasteiger partial charge is 0.236 e. The van der Waals surface area contributed by atoms with Gasteiger partial charge in [0.15, 0.2) is 5.58 Å². The normalized spacial score (nSPS) is 12.1. The van der Waals surface area contributed by atoms with E-state index in [0.717, 1.165) is 60.8 Å². The van der Waals surface area contributed by atoms with Crippen LogP contribution in [0.15, 0.2) is 162 Å². The molecule has 0 aliphatic heterocycles. The van der Waals surface area contributed by atoms with Crippen LogP contribution in [0.4, 0.5) is 0 Å². The lowest BCUT2D eigenvalue weighted by atomic mass is 10.1. The van der Waals surface area contributed by atoms with E-state index in [2.05, 4.69) is 130 Å². The summed E-state index contributed by atoms with van der Waals surface area (Å²) in [6.45, 7) is 0. The van der Waals surface area contributed by atoms with Crippen LogP contribution in [0, 0.1) is 0 Å². The summed E-state index contributed by atoms with van der Waals surface area (Å²) in [6, 6.07) is 55.5. The zero-order valence-electron chi connectivity index (χ0n) is 26.2. The highest BCUT2D eigenvalue weighted by molar-refractivity contribution is 6.19. The molecular formula is C44H26N4O. The van der Waals surface area contributed by atoms with Crippen LogP contribution in [0.2, 0.25) is 0 Å². The SMILES string of the molecule is c1ccc(-c2nc(-n3c4ccccc4c4cc5c6ccccc6n(-c6cccc7ccccc67)c5cc43)nc3c2oc2ccccc23)cc1. The number of furan rings is 1. The molecule has 0 N–H and O–H groups in total. The molecule has 4 heterocycles. The molecule has 5 nitrogen and oxygen atoms in total. The largest absolute Gasteiger partial charge is 0.452 e. The Bertz CT molecular complexity index is 3110. The summed E-state index contributed by atoms with van der Waals surface area (Å²) in [7, 11) is 0. The molecule has 0 bridgehead atoms. The molecule has 0 spiro atoms. The van der Waals surface area contributed by atoms with Gasteiger partial charge in [-0.15, -0.1) is 0 Å². The number of benzene rings is 7. The van der Waals surface area contributed by atoms with Gasteiger partial charge >= 0.3 is 0 Å². The number of para-hydroxylation sites is 3. The standard InChI is InChI=1S/C44H26N4O/c1-2-14-28(15-3-1)41-43-42(32-20-8-11-24-40(32)49-43)46-44(45-41)48-37-22-10-7-19-31(37)34-25-33-30-18-6-9-21-36(30)47(38(33)26-39(34)48)35-23-12-16-27-13-4-5-17-29(27)35/h1-26H. The van der Waals surface area contributed by atoms with Gasteiger partial charge in [-0.25, -0.2) is 9.97 Å². The minimum atomic E-state index is 0.608. The lowest BCUT2D eigenvalue weighted by Gasteiger charge is -2.12. The van der Waals surface area contributed by atoms with Crippen molar-refractivity contribution in [1.82, 2.24) is 19.1 Å². The Balaban J connectivity index is 1.30. The molecule has 0 atom stereocenters. The summed E-state index contributed by atoms with van der Waals surface area (Å²) >= 11 is 0. The van der Waals surface area contributed by atoms with Crippen LogP contribution >= 0.6 is 0 Å². The van der Waals surface area contributed by atoms with Gasteiger partial charge in [-0.3, -0.25) is 4.57 Å². The van der Waals surface area contributed by atoms with Crippen LogP contribution in [0.25, 0.3) is 99.3 Å². The molecule has 0 aliphatic rings. The van der Waals surface area contributed by atoms with Crippen molar-refractivity contribution >= 4 is 76.5 Å². The molecule has 0 fully saturated rings. The zero-order chi connectivity index (χ0) is 32.1. The molecule has 11 aromatic rings. The van der Waals surface area contributed by atoms with E-state index < -0.39 is 0 Å². The second-order valence-corrected chi connectivity index (χ2v) is 12.6. The van der Waals surface area contributed by atoms with Crippen LogP contribution in [-0.2, 0) is 0 Å². The van der Waals surface area contributed by atoms with Gasteiger partial charge < -0.3 is 8.98 Å². The summed E-state index contributed by atoms with van der Waals surface area (Å²) in [6.07, 6.45) is 0. The van der Waals surface area contributed by atoms with E-state index in [-0.39, 0.29) is 0 Å². The molecular weight excluding hydrogens is 601 g/mol. The van der Waals surface area contributed by atoms with Crippen molar-refractivity contribution in [1.29, 1.82) is 0 Å². The molecule has 7 aromatic carbocycles. The van der Waals surface area contributed by atoms with Gasteiger partial charge in [0.05, 0.1) is 27.8 Å². The van der Waals surface area contributed by atoms with E-state index in [9.17, 15) is 0 Å². The van der Waals surface area contributed by atoms with Gasteiger partial charge in [-0.1, -0.05) is 115 Å². The predicted octanol–water partition coefficient (Wildman–Crippen LogP) is 11.4. The van der Waals surface area contributed by atoms with Crippen LogP contribution in [-0.4, -0.2) is 19.1 Å². The minimum Gasteiger partial charge on any atom is -0.452 e. The van der Waals surface area contributed by atoms with Crippen molar-refractivity contribution in [2.24, 2.45) is 0 Å². The van der Waals surface area contributed by atoms with E-state index in [4.69, 9.17) is 14.4 Å². The average molecular weight is 627 g/mol. The first-order valence-corrected chi connectivity index (χ1v) is 16.5. The van der Waals surface area contributed by atoms with Crippen LogP contribution in [0.5, 0.6) is 0 Å². The topological polar surface area (TPSA) is 48.8 Å². The summed E-state index contributed by atoms with van der Waals surface area (Å²) in [5.41, 5.74) is 9.60. The van der Waals surface area contributed by atoms with E-state index >= 15 is 0 Å². The van der Waals surface area contributed by atoms with Gasteiger partial charge in [0, 0.05) is 37.9 Å². The molecule has 4 aromatic heterocycles. The van der Waals surface area contributed by atoms with Gasteiger partial charge in [0.1, 0.15) is 16.8 Å². The van der Waals surface area contributed by atoms with Gasteiger partial charge in [-0.2, -0.15) is 0 Å². The number of fused-ring (bicyclic) bond motifs is 10. The van der Waals surface area contributed by atoms with Crippen LogP contribution < -0.4 is 0 Å². The molecule has 0 radical (unpaired) electrons. The fraction of sp³-hybridized carbons (Fsp3) is 0. The molecule has 0 saturated carbocycles. The van der Waals surface area contributed by atoms with Gasteiger partial charge in [-0.05, 0) is 47.9 Å². The third-order valence-electron chi connectivity index (χ3n) is 9.93. The highest BCUT2D eigenvalue weighted by Gasteiger charge is 2.23. The third kappa shape index (κ3) is 3.70. The van der Waals surface area contributed by atoms with Crippen LogP contribution in [0.3, 0.4) is 0 Å². The van der Waals surface area contributed by atoms with Crippen molar-refractivity contribution in [2.75, 3.05) is 0 Å². The summed E-state index contributed by atoms with van der Waals surface area (Å²) in [4.78, 5) is 10.6. The first-order chi connectivity index (χ1) is 24.3. The van der Waals surface area contributed by atoms with Gasteiger partial charge in [0.25, 0.3) is 0 Å². The third-order valence-corrected chi connectivity index (χ3v) is 9.93. The number of hydrogen-bond donors (Lipinski definition) is 0. The molecule has 0 unspecified atom stereocenters. The van der Waals surface area contributed by atoms with Gasteiger partial charge in [0.2, 0.25) is 5.95 Å². The highest BCUT2D eigenvalue weighted by Crippen LogP contribution is 2.41. The van der Waals surface area contributed by atoms with E-state index in [1.165, 1.54) is 27.1 Å². The second-order valence-electron chi connectivity index (χ2n) is 12.6. The lowest BCUT2D eigenvalue weighted by Crippen LogP contribution is -2.03. The van der Waals surface area contributed by atoms with E-state index in [0.29, 0.717) is 11.5 Å². The first kappa shape index (κ1) is 26.4. The molecule has 0 saturated heterocycles. The fourth-order valence-corrected chi connectivity index (χ4v) is 7.78. The molecule has 228 valence electrons. The first-order valence-electron chi connectivity index (χ1n) is 16.5. The van der Waals surface area contributed by atoms with Crippen LogP contribution in [0.1, 0.15) is 0 Å². The molecule has 11 rings (SSSR count). The number of rotatable bonds is 3. The molecule has 0 amide bonds. The Hall–Kier alpha value is -6.72. The maximum atomic E-state index is 6.44. The van der Waals surface area contributed by atoms with Crippen molar-refractivity contribution in [3.63, 3.8) is 0 Å². The number of nitrogens with zero attached hydrogens (tertiary/aromatic N) is 4. The highest BCUT2D eigenvalue weighted by atomic mass is 16.3. The zero-order valence-corrected chi connectivity index (χ0v) is 26.2. The van der Waals surface area contributed by atoms with Crippen molar-refractivity contribution in [2.45, 2.75) is 0 Å². The second kappa shape index (κ2) is 9.89. The average Bonchev–Trinajstić information content (AvgIpc) is 3.81. The Morgan fingerprint density at radius 3 is 1.84 bits per heavy atom. The van der Waals surface area contributed by atoms with Crippen molar-refractivity contribution < 1.29 is 4.42 Å². The molecule has 49 heavy (non-hydrogen) atoms. The fourth-order valence-electron chi connectivity index (χ4n) is 7.78. The predicted molar refractivity (Wildman–Crippen MR) is 201 cm³/mol. The lowest BCUT2D eigenvalue weighted by molar-refractivity contribution is 0.666. The van der Waals surface area contributed by atoms with E-state index in [1.807, 2.05) is 36.4 Å². The molecule has 0 aliphatic carbocycles.